The van der Waals surface area contributed by atoms with Gasteiger partial charge in [-0.3, -0.25) is 14.2 Å². The lowest BCUT2D eigenvalue weighted by Gasteiger charge is -2.30. The van der Waals surface area contributed by atoms with Crippen LogP contribution in [0.25, 0.3) is 5.69 Å². The first kappa shape index (κ1) is 32.7. The zero-order valence-corrected chi connectivity index (χ0v) is 25.5. The van der Waals surface area contributed by atoms with E-state index in [9.17, 15) is 22.8 Å². The third-order valence-electron chi connectivity index (χ3n) is 7.67. The van der Waals surface area contributed by atoms with Gasteiger partial charge >= 0.3 is 6.18 Å². The van der Waals surface area contributed by atoms with E-state index in [-0.39, 0.29) is 24.6 Å². The Morgan fingerprint density at radius 3 is 2.65 bits per heavy atom. The molecule has 0 unspecified atom stereocenters. The Kier molecular flexibility index (Phi) is 11.4. The van der Waals surface area contributed by atoms with E-state index in [4.69, 9.17) is 15.5 Å². The standard InChI is InChI=1S/C31H40F3N5O3S/c1-21(31(32,33)34)13-14-22(2)42-18-7-3-6-16-36-19-28(40)38-17-15-26-24(20-38)29(41)39(27-12-5-4-11-25(27)35)30(37-26)43-23-9-8-10-23/h4-5,11-14,23,36H,3,6-10,15-20,35H2,1-2H3/b21-13+,22-14+. The molecule has 2 heterocycles. The zero-order chi connectivity index (χ0) is 31.0. The molecule has 2 aromatic rings. The summed E-state index contributed by atoms with van der Waals surface area (Å²) in [7, 11) is 0. The van der Waals surface area contributed by atoms with Crippen LogP contribution in [0, 0.1) is 0 Å². The molecule has 4 rings (SSSR count). The van der Waals surface area contributed by atoms with Crippen LogP contribution in [0.5, 0.6) is 0 Å². The number of anilines is 1. The number of para-hydroxylation sites is 2. The number of hydrogen-bond donors (Lipinski definition) is 2. The average Bonchev–Trinajstić information content (AvgIpc) is 2.95. The fourth-order valence-electron chi connectivity index (χ4n) is 4.74. The number of unbranched alkanes of at least 4 members (excludes halogenated alkanes) is 2. The molecule has 0 saturated heterocycles. The van der Waals surface area contributed by atoms with E-state index >= 15 is 0 Å². The molecule has 3 N–H and O–H groups in total. The number of aromatic nitrogens is 2. The van der Waals surface area contributed by atoms with Crippen LogP contribution in [-0.4, -0.2) is 58.0 Å². The average molecular weight is 620 g/mol. The Balaban J connectivity index is 1.25. The first-order chi connectivity index (χ1) is 20.5. The van der Waals surface area contributed by atoms with Crippen molar-refractivity contribution in [3.8, 4) is 5.69 Å². The lowest BCUT2D eigenvalue weighted by atomic mass is 10.0. The normalized spacial score (nSPS) is 16.2. The van der Waals surface area contributed by atoms with Gasteiger partial charge in [-0.2, -0.15) is 13.2 Å². The molecule has 43 heavy (non-hydrogen) atoms. The van der Waals surface area contributed by atoms with Crippen LogP contribution in [0.2, 0.25) is 0 Å². The number of nitrogens with zero attached hydrogens (tertiary/aromatic N) is 3. The van der Waals surface area contributed by atoms with E-state index in [1.165, 1.54) is 12.5 Å². The highest BCUT2D eigenvalue weighted by Gasteiger charge is 2.30. The van der Waals surface area contributed by atoms with Crippen molar-refractivity contribution in [3.63, 3.8) is 0 Å². The second-order valence-corrected chi connectivity index (χ2v) is 12.2. The fourth-order valence-corrected chi connectivity index (χ4v) is 6.06. The largest absolute Gasteiger partial charge is 0.498 e. The summed E-state index contributed by atoms with van der Waals surface area (Å²) in [5.74, 6) is 0.355. The van der Waals surface area contributed by atoms with E-state index in [1.54, 1.807) is 34.2 Å². The monoisotopic (exact) mass is 619 g/mol. The first-order valence-corrected chi connectivity index (χ1v) is 15.6. The number of allylic oxidation sites excluding steroid dienone is 4. The number of nitrogens with one attached hydrogen (secondary N) is 1. The van der Waals surface area contributed by atoms with Gasteiger partial charge in [-0.25, -0.2) is 4.98 Å². The van der Waals surface area contributed by atoms with Gasteiger partial charge in [-0.15, -0.1) is 0 Å². The van der Waals surface area contributed by atoms with Crippen LogP contribution in [0.1, 0.15) is 63.6 Å². The van der Waals surface area contributed by atoms with Crippen molar-refractivity contribution in [2.24, 2.45) is 0 Å². The lowest BCUT2D eigenvalue weighted by Crippen LogP contribution is -2.44. The van der Waals surface area contributed by atoms with Gasteiger partial charge in [0.25, 0.3) is 5.56 Å². The number of alkyl halides is 3. The number of fused-ring (bicyclic) bond motifs is 1. The van der Waals surface area contributed by atoms with Crippen LogP contribution in [0.15, 0.2) is 57.7 Å². The maximum Gasteiger partial charge on any atom is 0.412 e. The van der Waals surface area contributed by atoms with E-state index in [2.05, 4.69) is 5.32 Å². The number of hydrogen-bond acceptors (Lipinski definition) is 7. The molecule has 0 spiro atoms. The summed E-state index contributed by atoms with van der Waals surface area (Å²) < 4.78 is 44.7. The van der Waals surface area contributed by atoms with Gasteiger partial charge in [-0.1, -0.05) is 36.4 Å². The maximum absolute atomic E-state index is 13.8. The fraction of sp³-hybridized carbons (Fsp3) is 0.516. The summed E-state index contributed by atoms with van der Waals surface area (Å²) in [6.07, 6.45) is 4.34. The summed E-state index contributed by atoms with van der Waals surface area (Å²) in [5, 5.41) is 4.29. The molecule has 0 bridgehead atoms. The van der Waals surface area contributed by atoms with Gasteiger partial charge in [0, 0.05) is 23.8 Å². The van der Waals surface area contributed by atoms with Crippen LogP contribution in [0.4, 0.5) is 18.9 Å². The molecule has 1 saturated carbocycles. The van der Waals surface area contributed by atoms with Gasteiger partial charge in [0.05, 0.1) is 48.1 Å². The minimum absolute atomic E-state index is 0.0740. The number of nitrogens with two attached hydrogens (primary N) is 1. The molecule has 12 heteroatoms. The van der Waals surface area contributed by atoms with E-state index < -0.39 is 11.7 Å². The van der Waals surface area contributed by atoms with Crippen molar-refractivity contribution in [1.29, 1.82) is 0 Å². The molecule has 1 amide bonds. The number of rotatable bonds is 13. The molecule has 1 fully saturated rings. The SMILES string of the molecule is C/C(=C\C=C(/C)C(F)(F)F)OCCCCCNCC(=O)N1CCc2nc(SC3CCC3)n(-c3ccccc3N)c(=O)c2C1. The smallest absolute Gasteiger partial charge is 0.412 e. The minimum atomic E-state index is -4.34. The summed E-state index contributed by atoms with van der Waals surface area (Å²) >= 11 is 1.64. The molecular weight excluding hydrogens is 579 g/mol. The van der Waals surface area contributed by atoms with Gasteiger partial charge < -0.3 is 20.7 Å². The summed E-state index contributed by atoms with van der Waals surface area (Å²) in [6.45, 7) is 4.59. The molecule has 234 valence electrons. The highest BCUT2D eigenvalue weighted by Crippen LogP contribution is 2.37. The van der Waals surface area contributed by atoms with E-state index in [1.807, 2.05) is 18.2 Å². The predicted octanol–water partition coefficient (Wildman–Crippen LogP) is 5.53. The molecule has 1 aromatic carbocycles. The Bertz CT molecular complexity index is 1400. The van der Waals surface area contributed by atoms with E-state index in [0.29, 0.717) is 59.2 Å². The second-order valence-electron chi connectivity index (χ2n) is 11.0. The number of carbonyl (C=O) groups is 1. The van der Waals surface area contributed by atoms with Crippen molar-refractivity contribution in [2.75, 3.05) is 32.0 Å². The number of halogens is 3. The molecule has 0 radical (unpaired) electrons. The first-order valence-electron chi connectivity index (χ1n) is 14.7. The van der Waals surface area contributed by atoms with Gasteiger partial charge in [0.1, 0.15) is 0 Å². The van der Waals surface area contributed by atoms with Gasteiger partial charge in [0.15, 0.2) is 5.16 Å². The van der Waals surface area contributed by atoms with Crippen LogP contribution in [-0.2, 0) is 22.5 Å². The summed E-state index contributed by atoms with van der Waals surface area (Å²) in [4.78, 5) is 33.4. The highest BCUT2D eigenvalue weighted by atomic mass is 32.2. The Morgan fingerprint density at radius 1 is 1.19 bits per heavy atom. The third kappa shape index (κ3) is 8.88. The molecule has 1 aliphatic carbocycles. The van der Waals surface area contributed by atoms with Crippen molar-refractivity contribution < 1.29 is 22.7 Å². The Labute approximate surface area is 254 Å². The zero-order valence-electron chi connectivity index (χ0n) is 24.7. The molecule has 0 atom stereocenters. The number of nitrogen functional groups attached to an aromatic ring is 1. The summed E-state index contributed by atoms with van der Waals surface area (Å²) in [5.41, 5.74) is 7.81. The maximum atomic E-state index is 13.8. The predicted molar refractivity (Wildman–Crippen MR) is 163 cm³/mol. The van der Waals surface area contributed by atoms with Crippen LogP contribution < -0.4 is 16.6 Å². The Morgan fingerprint density at radius 2 is 1.95 bits per heavy atom. The highest BCUT2D eigenvalue weighted by molar-refractivity contribution is 7.99. The van der Waals surface area contributed by atoms with Crippen molar-refractivity contribution in [1.82, 2.24) is 19.8 Å². The topological polar surface area (TPSA) is 102 Å². The van der Waals surface area contributed by atoms with Crippen LogP contribution >= 0.6 is 11.8 Å². The molecule has 8 nitrogen and oxygen atoms in total. The lowest BCUT2D eigenvalue weighted by molar-refractivity contribution is -0.131. The number of carbonyl (C=O) groups excluding carboxylic acids is 1. The second kappa shape index (κ2) is 15.0. The summed E-state index contributed by atoms with van der Waals surface area (Å²) in [6, 6.07) is 7.28. The number of benzene rings is 1. The molecule has 2 aliphatic rings. The number of ether oxygens (including phenoxy) is 1. The number of amides is 1. The van der Waals surface area contributed by atoms with Crippen molar-refractivity contribution in [2.45, 2.75) is 81.9 Å². The molecule has 1 aliphatic heterocycles. The molecule has 1 aromatic heterocycles. The van der Waals surface area contributed by atoms with Gasteiger partial charge in [-0.05, 0) is 70.7 Å². The van der Waals surface area contributed by atoms with Crippen molar-refractivity contribution in [3.05, 3.63) is 69.4 Å². The quantitative estimate of drug-likeness (QED) is 0.0999. The van der Waals surface area contributed by atoms with Crippen molar-refractivity contribution >= 4 is 23.4 Å². The van der Waals surface area contributed by atoms with E-state index in [0.717, 1.165) is 50.8 Å². The van der Waals surface area contributed by atoms with Gasteiger partial charge in [0.2, 0.25) is 5.91 Å². The van der Waals surface area contributed by atoms with Crippen LogP contribution in [0.3, 0.4) is 0 Å². The number of thioether (sulfide) groups is 1. The molecular formula is C31H40F3N5O3S. The third-order valence-corrected chi connectivity index (χ3v) is 8.96. The Hall–Kier alpha value is -3.25. The minimum Gasteiger partial charge on any atom is -0.498 e.